The van der Waals surface area contributed by atoms with Crippen LogP contribution in [-0.2, 0) is 6.54 Å². The highest BCUT2D eigenvalue weighted by Gasteiger charge is 2.40. The second kappa shape index (κ2) is 4.83. The van der Waals surface area contributed by atoms with Crippen molar-refractivity contribution in [1.82, 2.24) is 15.2 Å². The number of pyridine rings is 1. The van der Waals surface area contributed by atoms with E-state index in [1.165, 1.54) is 55.5 Å². The minimum atomic E-state index is 0.554. The van der Waals surface area contributed by atoms with Crippen LogP contribution < -0.4 is 5.32 Å². The highest BCUT2D eigenvalue weighted by Crippen LogP contribution is 2.36. The Morgan fingerprint density at radius 3 is 3.05 bits per heavy atom. The molecule has 0 saturated carbocycles. The first-order valence-corrected chi connectivity index (χ1v) is 7.60. The first kappa shape index (κ1) is 12.3. The molecular weight excluding hydrogens is 246 g/mol. The van der Waals surface area contributed by atoms with E-state index in [0.29, 0.717) is 5.41 Å². The summed E-state index contributed by atoms with van der Waals surface area (Å²) in [7, 11) is 0. The molecule has 1 aromatic carbocycles. The Bertz CT molecular complexity index is 611. The lowest BCUT2D eigenvalue weighted by molar-refractivity contribution is 0.269. The first-order chi connectivity index (χ1) is 9.85. The summed E-state index contributed by atoms with van der Waals surface area (Å²) in [5.74, 6) is 0. The van der Waals surface area contributed by atoms with Crippen molar-refractivity contribution in [3.63, 3.8) is 0 Å². The van der Waals surface area contributed by atoms with Crippen LogP contribution in [0.25, 0.3) is 10.9 Å². The summed E-state index contributed by atoms with van der Waals surface area (Å²) in [5, 5.41) is 4.78. The molecule has 0 amide bonds. The third kappa shape index (κ3) is 2.11. The van der Waals surface area contributed by atoms with Crippen LogP contribution in [0, 0.1) is 5.41 Å². The van der Waals surface area contributed by atoms with Gasteiger partial charge >= 0.3 is 0 Å². The van der Waals surface area contributed by atoms with Crippen molar-refractivity contribution in [3.05, 3.63) is 42.1 Å². The molecule has 104 valence electrons. The SMILES string of the molecule is c1cnc2c(CN3CCC4(CCNC4)C3)cccc2c1. The zero-order chi connectivity index (χ0) is 13.4. The lowest BCUT2D eigenvalue weighted by atomic mass is 9.86. The molecule has 2 saturated heterocycles. The Morgan fingerprint density at radius 2 is 2.15 bits per heavy atom. The molecule has 1 N–H and O–H groups in total. The predicted molar refractivity (Wildman–Crippen MR) is 81.6 cm³/mol. The van der Waals surface area contributed by atoms with Gasteiger partial charge in [0.05, 0.1) is 5.52 Å². The summed E-state index contributed by atoms with van der Waals surface area (Å²) >= 11 is 0. The number of hydrogen-bond acceptors (Lipinski definition) is 3. The normalized spacial score (nSPS) is 26.8. The van der Waals surface area contributed by atoms with Gasteiger partial charge in [0.25, 0.3) is 0 Å². The van der Waals surface area contributed by atoms with Crippen molar-refractivity contribution in [2.24, 2.45) is 5.41 Å². The molecule has 4 rings (SSSR count). The Labute approximate surface area is 120 Å². The smallest absolute Gasteiger partial charge is 0.0746 e. The molecule has 2 aliphatic rings. The van der Waals surface area contributed by atoms with E-state index in [1.54, 1.807) is 0 Å². The monoisotopic (exact) mass is 267 g/mol. The Hall–Kier alpha value is -1.45. The summed E-state index contributed by atoms with van der Waals surface area (Å²) in [4.78, 5) is 7.18. The van der Waals surface area contributed by atoms with Crippen molar-refractivity contribution in [3.8, 4) is 0 Å². The van der Waals surface area contributed by atoms with Crippen LogP contribution in [0.2, 0.25) is 0 Å². The van der Waals surface area contributed by atoms with E-state index in [0.717, 1.165) is 6.54 Å². The maximum atomic E-state index is 4.57. The number of para-hydroxylation sites is 1. The van der Waals surface area contributed by atoms with Gasteiger partial charge < -0.3 is 5.32 Å². The van der Waals surface area contributed by atoms with Crippen LogP contribution in [0.3, 0.4) is 0 Å². The topological polar surface area (TPSA) is 28.2 Å². The van der Waals surface area contributed by atoms with Gasteiger partial charge in [0.2, 0.25) is 0 Å². The van der Waals surface area contributed by atoms with Crippen LogP contribution in [0.5, 0.6) is 0 Å². The van der Waals surface area contributed by atoms with E-state index < -0.39 is 0 Å². The minimum absolute atomic E-state index is 0.554. The Kier molecular flexibility index (Phi) is 2.97. The first-order valence-electron chi connectivity index (χ1n) is 7.60. The second-order valence-electron chi connectivity index (χ2n) is 6.38. The van der Waals surface area contributed by atoms with Gasteiger partial charge in [-0.05, 0) is 43.0 Å². The van der Waals surface area contributed by atoms with Gasteiger partial charge in [-0.15, -0.1) is 0 Å². The highest BCUT2D eigenvalue weighted by molar-refractivity contribution is 5.81. The van der Waals surface area contributed by atoms with Crippen LogP contribution in [0.4, 0.5) is 0 Å². The number of rotatable bonds is 2. The summed E-state index contributed by atoms with van der Waals surface area (Å²) in [6.07, 6.45) is 4.59. The fraction of sp³-hybridized carbons (Fsp3) is 0.471. The Balaban J connectivity index is 1.56. The van der Waals surface area contributed by atoms with Crippen molar-refractivity contribution >= 4 is 10.9 Å². The zero-order valence-corrected chi connectivity index (χ0v) is 11.8. The summed E-state index contributed by atoms with van der Waals surface area (Å²) in [5.41, 5.74) is 3.09. The summed E-state index contributed by atoms with van der Waals surface area (Å²) in [6, 6.07) is 10.7. The van der Waals surface area contributed by atoms with Gasteiger partial charge in [0, 0.05) is 31.2 Å². The molecule has 3 heterocycles. The lowest BCUT2D eigenvalue weighted by Crippen LogP contribution is -2.29. The fourth-order valence-electron chi connectivity index (χ4n) is 3.84. The standard InChI is InChI=1S/C17H21N3/c1-3-14-5-2-8-19-16(14)15(4-1)11-20-10-7-17(13-20)6-9-18-12-17/h1-5,8,18H,6-7,9-13H2. The molecule has 1 aromatic heterocycles. The number of aromatic nitrogens is 1. The molecular formula is C17H21N3. The summed E-state index contributed by atoms with van der Waals surface area (Å²) < 4.78 is 0. The molecule has 3 nitrogen and oxygen atoms in total. The molecule has 0 bridgehead atoms. The van der Waals surface area contributed by atoms with Gasteiger partial charge in [-0.2, -0.15) is 0 Å². The molecule has 3 heteroatoms. The average molecular weight is 267 g/mol. The lowest BCUT2D eigenvalue weighted by Gasteiger charge is -2.23. The van der Waals surface area contributed by atoms with Gasteiger partial charge in [-0.3, -0.25) is 9.88 Å². The van der Waals surface area contributed by atoms with Gasteiger partial charge in [0.15, 0.2) is 0 Å². The molecule has 2 aromatic rings. The average Bonchev–Trinajstić information content (AvgIpc) is 3.10. The Morgan fingerprint density at radius 1 is 1.20 bits per heavy atom. The molecule has 1 atom stereocenters. The van der Waals surface area contributed by atoms with Gasteiger partial charge in [-0.1, -0.05) is 24.3 Å². The van der Waals surface area contributed by atoms with Crippen molar-refractivity contribution in [1.29, 1.82) is 0 Å². The molecule has 0 radical (unpaired) electrons. The van der Waals surface area contributed by atoms with E-state index in [-0.39, 0.29) is 0 Å². The maximum Gasteiger partial charge on any atom is 0.0746 e. The number of benzene rings is 1. The van der Waals surface area contributed by atoms with Crippen molar-refractivity contribution in [2.75, 3.05) is 26.2 Å². The number of likely N-dealkylation sites (tertiary alicyclic amines) is 1. The van der Waals surface area contributed by atoms with E-state index in [9.17, 15) is 0 Å². The van der Waals surface area contributed by atoms with E-state index in [4.69, 9.17) is 0 Å². The number of fused-ring (bicyclic) bond motifs is 1. The van der Waals surface area contributed by atoms with Crippen molar-refractivity contribution in [2.45, 2.75) is 19.4 Å². The highest BCUT2D eigenvalue weighted by atomic mass is 15.2. The van der Waals surface area contributed by atoms with Gasteiger partial charge in [-0.25, -0.2) is 0 Å². The van der Waals surface area contributed by atoms with Crippen LogP contribution in [0.15, 0.2) is 36.5 Å². The summed E-state index contributed by atoms with van der Waals surface area (Å²) in [6.45, 7) is 5.91. The number of hydrogen-bond donors (Lipinski definition) is 1. The van der Waals surface area contributed by atoms with Crippen LogP contribution >= 0.6 is 0 Å². The molecule has 1 unspecified atom stereocenters. The van der Waals surface area contributed by atoms with E-state index >= 15 is 0 Å². The largest absolute Gasteiger partial charge is 0.316 e. The van der Waals surface area contributed by atoms with E-state index in [2.05, 4.69) is 39.5 Å². The quantitative estimate of drug-likeness (QED) is 0.905. The van der Waals surface area contributed by atoms with Crippen molar-refractivity contribution < 1.29 is 0 Å². The molecule has 0 aliphatic carbocycles. The zero-order valence-electron chi connectivity index (χ0n) is 11.8. The maximum absolute atomic E-state index is 4.57. The third-order valence-corrected chi connectivity index (χ3v) is 4.96. The number of nitrogens with one attached hydrogen (secondary N) is 1. The third-order valence-electron chi connectivity index (χ3n) is 4.96. The molecule has 2 aliphatic heterocycles. The molecule has 1 spiro atoms. The molecule has 2 fully saturated rings. The van der Waals surface area contributed by atoms with E-state index in [1.807, 2.05) is 12.3 Å². The van der Waals surface area contributed by atoms with Crippen LogP contribution in [0.1, 0.15) is 18.4 Å². The fourth-order valence-corrected chi connectivity index (χ4v) is 3.84. The molecule has 20 heavy (non-hydrogen) atoms. The number of nitrogens with zero attached hydrogens (tertiary/aromatic N) is 2. The minimum Gasteiger partial charge on any atom is -0.316 e. The van der Waals surface area contributed by atoms with Crippen LogP contribution in [-0.4, -0.2) is 36.1 Å². The second-order valence-corrected chi connectivity index (χ2v) is 6.38. The predicted octanol–water partition coefficient (Wildman–Crippen LogP) is 2.42. The van der Waals surface area contributed by atoms with Gasteiger partial charge in [0.1, 0.15) is 0 Å².